The van der Waals surface area contributed by atoms with E-state index in [0.29, 0.717) is 0 Å². The molecule has 0 amide bonds. The molecule has 4 aromatic carbocycles. The van der Waals surface area contributed by atoms with Crippen LogP contribution in [0.15, 0.2) is 121 Å². The van der Waals surface area contributed by atoms with Gasteiger partial charge in [-0.1, -0.05) is 121 Å². The molecule has 0 bridgehead atoms. The molecule has 1 atom stereocenters. The van der Waals surface area contributed by atoms with Crippen LogP contribution < -0.4 is 0 Å². The topological polar surface area (TPSA) is 19.9 Å². The fourth-order valence-electron chi connectivity index (χ4n) is 3.94. The highest BCUT2D eigenvalue weighted by atomic mass is 16.3. The van der Waals surface area contributed by atoms with Crippen LogP contribution >= 0.6 is 0 Å². The fourth-order valence-corrected chi connectivity index (χ4v) is 3.94. The number of rotatable bonds is 5. The normalized spacial score (nSPS) is 12.5. The second-order valence-electron chi connectivity index (χ2n) is 6.70. The molecule has 4 aromatic rings. The van der Waals surface area contributed by atoms with Gasteiger partial charge < -0.3 is 0 Å². The van der Waals surface area contributed by atoms with Crippen LogP contribution in [-0.4, -0.2) is 0 Å². The van der Waals surface area contributed by atoms with Gasteiger partial charge in [0, 0.05) is 0 Å². The molecule has 0 spiro atoms. The molecule has 131 valence electrons. The summed E-state index contributed by atoms with van der Waals surface area (Å²) < 4.78 is 0. The lowest BCUT2D eigenvalue weighted by Gasteiger charge is -2.39. The van der Waals surface area contributed by atoms with Gasteiger partial charge >= 0.3 is 0 Å². The molecule has 1 unspecified atom stereocenters. The molecule has 0 saturated heterocycles. The second-order valence-corrected chi connectivity index (χ2v) is 6.70. The van der Waals surface area contributed by atoms with Crippen molar-refractivity contribution in [3.63, 3.8) is 0 Å². The maximum absolute atomic E-state index is 14.2. The van der Waals surface area contributed by atoms with E-state index in [1.807, 2.05) is 84.9 Å². The molecule has 1 nitrogen and oxygen atoms in total. The van der Waals surface area contributed by atoms with Crippen LogP contribution in [0.4, 0.5) is 0 Å². The lowest BCUT2D eigenvalue weighted by Crippen LogP contribution is -2.36. The van der Waals surface area contributed by atoms with E-state index >= 15 is 0 Å². The summed E-state index contributed by atoms with van der Waals surface area (Å²) in [6.45, 7) is 0. The fraction of sp³-hybridized carbons (Fsp3) is 0.0769. The van der Waals surface area contributed by atoms with Crippen molar-refractivity contribution in [2.45, 2.75) is 11.5 Å². The van der Waals surface area contributed by atoms with Gasteiger partial charge in [0.15, 0.2) is 0 Å². The number of hydrogen-bond donors (Lipinski definition) is 0. The van der Waals surface area contributed by atoms with Crippen LogP contribution in [0, 0.1) is 0 Å². The molecular formula is C26H21O. The zero-order chi connectivity index (χ0) is 18.5. The van der Waals surface area contributed by atoms with Crippen molar-refractivity contribution in [1.29, 1.82) is 0 Å². The van der Waals surface area contributed by atoms with Crippen molar-refractivity contribution < 1.29 is 5.11 Å². The summed E-state index contributed by atoms with van der Waals surface area (Å²) in [4.78, 5) is 0. The van der Waals surface area contributed by atoms with Crippen molar-refractivity contribution in [1.82, 2.24) is 0 Å². The van der Waals surface area contributed by atoms with Gasteiger partial charge in [0.1, 0.15) is 6.10 Å². The quantitative estimate of drug-likeness (QED) is 0.383. The molecule has 0 aliphatic heterocycles. The molecule has 0 aliphatic carbocycles. The largest absolute Gasteiger partial charge is 0.226 e. The maximum atomic E-state index is 14.2. The highest BCUT2D eigenvalue weighted by Gasteiger charge is 2.44. The van der Waals surface area contributed by atoms with Crippen molar-refractivity contribution in [2.24, 2.45) is 0 Å². The summed E-state index contributed by atoms with van der Waals surface area (Å²) in [6, 6.07) is 40.1. The minimum Gasteiger partial charge on any atom is -0.226 e. The Morgan fingerprint density at radius 3 is 1.07 bits per heavy atom. The summed E-state index contributed by atoms with van der Waals surface area (Å²) in [7, 11) is 0. The first-order valence-corrected chi connectivity index (χ1v) is 9.21. The molecule has 1 radical (unpaired) electrons. The molecule has 1 heteroatoms. The van der Waals surface area contributed by atoms with Crippen LogP contribution in [0.5, 0.6) is 0 Å². The van der Waals surface area contributed by atoms with E-state index in [4.69, 9.17) is 0 Å². The van der Waals surface area contributed by atoms with E-state index in [1.54, 1.807) is 0 Å². The van der Waals surface area contributed by atoms with E-state index in [0.717, 1.165) is 22.3 Å². The average Bonchev–Trinajstić information content (AvgIpc) is 2.77. The van der Waals surface area contributed by atoms with Crippen LogP contribution in [0.2, 0.25) is 0 Å². The van der Waals surface area contributed by atoms with Crippen LogP contribution in [0.1, 0.15) is 28.4 Å². The Morgan fingerprint density at radius 1 is 0.444 bits per heavy atom. The molecular weight excluding hydrogens is 328 g/mol. The van der Waals surface area contributed by atoms with Crippen molar-refractivity contribution in [2.75, 3.05) is 0 Å². The monoisotopic (exact) mass is 349 g/mol. The van der Waals surface area contributed by atoms with Gasteiger partial charge in [0.2, 0.25) is 0 Å². The Bertz CT molecular complexity index is 867. The summed E-state index contributed by atoms with van der Waals surface area (Å²) in [5.41, 5.74) is 2.99. The first kappa shape index (κ1) is 17.3. The zero-order valence-electron chi connectivity index (χ0n) is 15.0. The van der Waals surface area contributed by atoms with Gasteiger partial charge in [-0.3, -0.25) is 0 Å². The Morgan fingerprint density at radius 2 is 0.741 bits per heavy atom. The van der Waals surface area contributed by atoms with Crippen LogP contribution in [0.3, 0.4) is 0 Å². The smallest absolute Gasteiger partial charge is 0.136 e. The third kappa shape index (κ3) is 3.07. The summed E-state index contributed by atoms with van der Waals surface area (Å²) in [5, 5.41) is 14.2. The lowest BCUT2D eigenvalue weighted by atomic mass is 9.64. The van der Waals surface area contributed by atoms with Gasteiger partial charge in [-0.05, 0) is 22.3 Å². The Labute approximate surface area is 160 Å². The minimum atomic E-state index is -0.981. The molecule has 0 saturated carbocycles. The van der Waals surface area contributed by atoms with E-state index in [9.17, 15) is 5.11 Å². The van der Waals surface area contributed by atoms with Crippen molar-refractivity contribution in [3.8, 4) is 0 Å². The number of hydrogen-bond acceptors (Lipinski definition) is 0. The summed E-state index contributed by atoms with van der Waals surface area (Å²) in [6.07, 6.45) is -0.981. The average molecular weight is 349 g/mol. The maximum Gasteiger partial charge on any atom is 0.136 e. The predicted molar refractivity (Wildman–Crippen MR) is 109 cm³/mol. The van der Waals surface area contributed by atoms with Crippen LogP contribution in [0.25, 0.3) is 0 Å². The van der Waals surface area contributed by atoms with E-state index in [2.05, 4.69) is 36.4 Å². The summed E-state index contributed by atoms with van der Waals surface area (Å²) >= 11 is 0. The summed E-state index contributed by atoms with van der Waals surface area (Å²) in [5.74, 6) is 0. The van der Waals surface area contributed by atoms with Gasteiger partial charge in [-0.2, -0.15) is 0 Å². The molecule has 0 fully saturated rings. The van der Waals surface area contributed by atoms with Gasteiger partial charge in [0.25, 0.3) is 0 Å². The molecule has 0 N–H and O–H groups in total. The molecule has 0 aliphatic rings. The highest BCUT2D eigenvalue weighted by molar-refractivity contribution is 5.53. The number of benzene rings is 4. The van der Waals surface area contributed by atoms with E-state index in [1.165, 1.54) is 0 Å². The van der Waals surface area contributed by atoms with Gasteiger partial charge in [0.05, 0.1) is 5.41 Å². The third-order valence-electron chi connectivity index (χ3n) is 5.18. The predicted octanol–water partition coefficient (Wildman–Crippen LogP) is 6.19. The standard InChI is InChI=1S/C26H21O/c27-25(21-13-5-1-6-14-21)26(22-15-7-2-8-16-22,23-17-9-3-10-18-23)24-19-11-4-12-20-24/h1-20,25H. The lowest BCUT2D eigenvalue weighted by molar-refractivity contribution is 0.0456. The van der Waals surface area contributed by atoms with Crippen molar-refractivity contribution in [3.05, 3.63) is 144 Å². The minimum absolute atomic E-state index is 0.786. The molecule has 0 heterocycles. The van der Waals surface area contributed by atoms with Crippen molar-refractivity contribution >= 4 is 0 Å². The van der Waals surface area contributed by atoms with E-state index < -0.39 is 11.5 Å². The molecule has 27 heavy (non-hydrogen) atoms. The Hall–Kier alpha value is -3.16. The molecule has 0 aromatic heterocycles. The van der Waals surface area contributed by atoms with E-state index in [-0.39, 0.29) is 0 Å². The highest BCUT2D eigenvalue weighted by Crippen LogP contribution is 2.48. The zero-order valence-corrected chi connectivity index (χ0v) is 15.0. The van der Waals surface area contributed by atoms with Gasteiger partial charge in [-0.25, -0.2) is 5.11 Å². The Kier molecular flexibility index (Phi) is 4.86. The SMILES string of the molecule is [O]C(c1ccccc1)C(c1ccccc1)(c1ccccc1)c1ccccc1. The second kappa shape index (κ2) is 7.61. The van der Waals surface area contributed by atoms with Crippen LogP contribution in [-0.2, 0) is 10.5 Å². The first-order chi connectivity index (χ1) is 13.3. The first-order valence-electron chi connectivity index (χ1n) is 9.21. The third-order valence-corrected chi connectivity index (χ3v) is 5.18. The molecule has 4 rings (SSSR count). The van der Waals surface area contributed by atoms with Gasteiger partial charge in [-0.15, -0.1) is 0 Å². The Balaban J connectivity index is 2.07.